The molecule has 3 rings (SSSR count). The van der Waals surface area contributed by atoms with Crippen LogP contribution in [0.4, 0.5) is 0 Å². The maximum absolute atomic E-state index is 12.6. The first-order valence-electron chi connectivity index (χ1n) is 8.65. The second-order valence-corrected chi connectivity index (χ2v) is 6.25. The van der Waals surface area contributed by atoms with Crippen molar-refractivity contribution in [3.63, 3.8) is 0 Å². The summed E-state index contributed by atoms with van der Waals surface area (Å²) in [7, 11) is 2.83. The normalized spacial score (nSPS) is 18.7. The molecule has 1 saturated heterocycles. The molecule has 28 heavy (non-hydrogen) atoms. The summed E-state index contributed by atoms with van der Waals surface area (Å²) in [6, 6.07) is 12.5. The summed E-state index contributed by atoms with van der Waals surface area (Å²) in [5.41, 5.74) is 3.88. The van der Waals surface area contributed by atoms with E-state index in [2.05, 4.69) is 15.8 Å². The number of hydrogen-bond acceptors (Lipinski definition) is 6. The number of methoxy groups -OCH3 is 2. The van der Waals surface area contributed by atoms with Gasteiger partial charge in [-0.1, -0.05) is 30.3 Å². The van der Waals surface area contributed by atoms with E-state index in [9.17, 15) is 14.7 Å². The van der Waals surface area contributed by atoms with Crippen LogP contribution in [0.1, 0.15) is 17.0 Å². The van der Waals surface area contributed by atoms with Gasteiger partial charge in [-0.2, -0.15) is 5.10 Å². The Kier molecular flexibility index (Phi) is 5.78. The molecule has 2 unspecified atom stereocenters. The molecule has 1 aliphatic rings. The predicted octanol–water partition coefficient (Wildman–Crippen LogP) is 1.39. The Bertz CT molecular complexity index is 873. The summed E-state index contributed by atoms with van der Waals surface area (Å²) in [5.74, 6) is -1.62. The van der Waals surface area contributed by atoms with E-state index < -0.39 is 11.8 Å². The zero-order valence-corrected chi connectivity index (χ0v) is 15.5. The average molecular weight is 383 g/mol. The van der Waals surface area contributed by atoms with Gasteiger partial charge in [0.2, 0.25) is 11.7 Å². The van der Waals surface area contributed by atoms with E-state index in [1.165, 1.54) is 20.4 Å². The number of carbonyl (C=O) groups is 2. The Morgan fingerprint density at radius 3 is 2.46 bits per heavy atom. The van der Waals surface area contributed by atoms with E-state index >= 15 is 0 Å². The first-order valence-corrected chi connectivity index (χ1v) is 8.65. The smallest absolute Gasteiger partial charge is 0.253 e. The van der Waals surface area contributed by atoms with Gasteiger partial charge in [-0.3, -0.25) is 9.59 Å². The van der Waals surface area contributed by atoms with Gasteiger partial charge in [0.15, 0.2) is 11.5 Å². The van der Waals surface area contributed by atoms with Gasteiger partial charge in [0.1, 0.15) is 5.92 Å². The van der Waals surface area contributed by atoms with Crippen molar-refractivity contribution in [2.45, 2.75) is 5.92 Å². The minimum Gasteiger partial charge on any atom is -0.502 e. The van der Waals surface area contributed by atoms with Gasteiger partial charge in [-0.15, -0.1) is 0 Å². The van der Waals surface area contributed by atoms with Crippen LogP contribution in [0.2, 0.25) is 0 Å². The standard InChI is InChI=1S/C20H21N3O5/c1-27-15-8-12(9-16(28-2)18(15)24)10-22-23-20(26)17-14(11-21-19(17)25)13-6-4-3-5-7-13/h3-10,14,17,24H,11H2,1-2H3,(H,21,25)(H,23,26)/b22-10+. The highest BCUT2D eigenvalue weighted by atomic mass is 16.5. The second-order valence-electron chi connectivity index (χ2n) is 6.25. The molecular weight excluding hydrogens is 362 g/mol. The highest BCUT2D eigenvalue weighted by Crippen LogP contribution is 2.36. The number of phenolic OH excluding ortho intramolecular Hbond substituents is 1. The van der Waals surface area contributed by atoms with Crippen LogP contribution < -0.4 is 20.2 Å². The SMILES string of the molecule is COc1cc(/C=N/NC(=O)C2C(=O)NCC2c2ccccc2)cc(OC)c1O. The number of hydrazone groups is 1. The zero-order chi connectivity index (χ0) is 20.1. The van der Waals surface area contributed by atoms with E-state index in [1.54, 1.807) is 12.1 Å². The van der Waals surface area contributed by atoms with E-state index in [1.807, 2.05) is 30.3 Å². The van der Waals surface area contributed by atoms with Crippen molar-refractivity contribution in [2.24, 2.45) is 11.0 Å². The minimum absolute atomic E-state index is 0.125. The molecule has 2 amide bonds. The summed E-state index contributed by atoms with van der Waals surface area (Å²) in [6.07, 6.45) is 1.38. The summed E-state index contributed by atoms with van der Waals surface area (Å²) < 4.78 is 10.2. The number of phenols is 1. The third kappa shape index (κ3) is 3.90. The number of hydrogen-bond donors (Lipinski definition) is 3. The van der Waals surface area contributed by atoms with Crippen LogP contribution in [0.25, 0.3) is 0 Å². The van der Waals surface area contributed by atoms with Gasteiger partial charge in [0.05, 0.1) is 20.4 Å². The molecule has 1 aliphatic heterocycles. The quantitative estimate of drug-likeness (QED) is 0.397. The third-order valence-corrected chi connectivity index (χ3v) is 4.58. The molecule has 146 valence electrons. The number of amides is 2. The summed E-state index contributed by atoms with van der Waals surface area (Å²) >= 11 is 0. The first kappa shape index (κ1) is 19.2. The highest BCUT2D eigenvalue weighted by Gasteiger charge is 2.40. The van der Waals surface area contributed by atoms with Crippen molar-refractivity contribution in [1.29, 1.82) is 0 Å². The summed E-state index contributed by atoms with van der Waals surface area (Å²) in [4.78, 5) is 24.7. The lowest BCUT2D eigenvalue weighted by atomic mass is 9.88. The number of benzene rings is 2. The molecule has 8 heteroatoms. The fourth-order valence-electron chi connectivity index (χ4n) is 3.16. The van der Waals surface area contributed by atoms with Crippen molar-refractivity contribution in [2.75, 3.05) is 20.8 Å². The Hall–Kier alpha value is -3.55. The lowest BCUT2D eigenvalue weighted by Crippen LogP contribution is -2.34. The van der Waals surface area contributed by atoms with Crippen LogP contribution in [-0.4, -0.2) is 43.9 Å². The van der Waals surface area contributed by atoms with Crippen LogP contribution in [0, 0.1) is 5.92 Å². The number of aromatic hydroxyl groups is 1. The molecule has 1 heterocycles. The molecule has 0 radical (unpaired) electrons. The lowest BCUT2D eigenvalue weighted by molar-refractivity contribution is -0.133. The molecule has 0 spiro atoms. The molecule has 0 saturated carbocycles. The minimum atomic E-state index is -0.858. The Labute approximate surface area is 162 Å². The lowest BCUT2D eigenvalue weighted by Gasteiger charge is -2.15. The van der Waals surface area contributed by atoms with Crippen molar-refractivity contribution >= 4 is 18.0 Å². The average Bonchev–Trinajstić information content (AvgIpc) is 3.11. The van der Waals surface area contributed by atoms with Gasteiger partial charge >= 0.3 is 0 Å². The van der Waals surface area contributed by atoms with Gasteiger partial charge in [0.25, 0.3) is 5.91 Å². The molecule has 0 bridgehead atoms. The maximum Gasteiger partial charge on any atom is 0.253 e. The van der Waals surface area contributed by atoms with Gasteiger partial charge in [0, 0.05) is 18.0 Å². The molecule has 0 aliphatic carbocycles. The van der Waals surface area contributed by atoms with Gasteiger partial charge in [-0.25, -0.2) is 5.43 Å². The summed E-state index contributed by atoms with van der Waals surface area (Å²) in [6.45, 7) is 0.400. The monoisotopic (exact) mass is 383 g/mol. The van der Waals surface area contributed by atoms with Gasteiger partial charge < -0.3 is 19.9 Å². The molecule has 3 N–H and O–H groups in total. The van der Waals surface area contributed by atoms with Crippen molar-refractivity contribution in [1.82, 2.24) is 10.7 Å². The zero-order valence-electron chi connectivity index (χ0n) is 15.5. The molecular formula is C20H21N3O5. The number of nitrogens with zero attached hydrogens (tertiary/aromatic N) is 1. The Balaban J connectivity index is 1.73. The van der Waals surface area contributed by atoms with Crippen LogP contribution >= 0.6 is 0 Å². The Morgan fingerprint density at radius 1 is 1.21 bits per heavy atom. The Morgan fingerprint density at radius 2 is 1.86 bits per heavy atom. The highest BCUT2D eigenvalue weighted by molar-refractivity contribution is 6.03. The van der Waals surface area contributed by atoms with E-state index in [-0.39, 0.29) is 29.1 Å². The topological polar surface area (TPSA) is 109 Å². The number of carbonyl (C=O) groups excluding carboxylic acids is 2. The molecule has 2 atom stereocenters. The first-order chi connectivity index (χ1) is 13.5. The molecule has 2 aromatic rings. The summed E-state index contributed by atoms with van der Waals surface area (Å²) in [5, 5.41) is 16.6. The number of ether oxygens (including phenoxy) is 2. The number of nitrogens with one attached hydrogen (secondary N) is 2. The van der Waals surface area contributed by atoms with E-state index in [4.69, 9.17) is 9.47 Å². The molecule has 8 nitrogen and oxygen atoms in total. The molecule has 0 aromatic heterocycles. The van der Waals surface area contributed by atoms with Crippen LogP contribution in [0.3, 0.4) is 0 Å². The second kappa shape index (κ2) is 8.43. The number of rotatable bonds is 6. The van der Waals surface area contributed by atoms with Crippen LogP contribution in [-0.2, 0) is 9.59 Å². The van der Waals surface area contributed by atoms with Crippen molar-refractivity contribution < 1.29 is 24.2 Å². The van der Waals surface area contributed by atoms with Crippen molar-refractivity contribution in [3.8, 4) is 17.2 Å². The molecule has 1 fully saturated rings. The van der Waals surface area contributed by atoms with Crippen molar-refractivity contribution in [3.05, 3.63) is 53.6 Å². The van der Waals surface area contributed by atoms with E-state index in [0.29, 0.717) is 12.1 Å². The van der Waals surface area contributed by atoms with Crippen LogP contribution in [0.15, 0.2) is 47.6 Å². The molecule has 2 aromatic carbocycles. The predicted molar refractivity (Wildman–Crippen MR) is 103 cm³/mol. The van der Waals surface area contributed by atoms with Crippen LogP contribution in [0.5, 0.6) is 17.2 Å². The fourth-order valence-corrected chi connectivity index (χ4v) is 3.16. The third-order valence-electron chi connectivity index (χ3n) is 4.58. The van der Waals surface area contributed by atoms with Gasteiger partial charge in [-0.05, 0) is 17.7 Å². The maximum atomic E-state index is 12.6. The fraction of sp³-hybridized carbons (Fsp3) is 0.250. The van der Waals surface area contributed by atoms with E-state index in [0.717, 1.165) is 5.56 Å². The largest absolute Gasteiger partial charge is 0.502 e.